The summed E-state index contributed by atoms with van der Waals surface area (Å²) in [6.45, 7) is 0. The third-order valence-electron chi connectivity index (χ3n) is 0. The second kappa shape index (κ2) is 8.49. The van der Waals surface area contributed by atoms with Crippen LogP contribution in [0.25, 0.3) is 0 Å². The van der Waals surface area contributed by atoms with E-state index in [1.54, 1.807) is 0 Å². The average molecular weight is 640 g/mol. The third-order valence-corrected chi connectivity index (χ3v) is 0. The minimum atomic E-state index is -1.99. The molecule has 1 nitrogen and oxygen atoms in total. The Balaban J connectivity index is -0.000000107. The molecular formula is H3Br7OP2. The van der Waals surface area contributed by atoms with E-state index in [2.05, 4.69) is 113 Å². The van der Waals surface area contributed by atoms with Gasteiger partial charge < -0.3 is 0 Å². The first-order valence-corrected chi connectivity index (χ1v) is 14.8. The third kappa shape index (κ3) is 87.1. The quantitative estimate of drug-likeness (QED) is 0.266. The largest absolute Gasteiger partial charge is 0.153 e. The van der Waals surface area contributed by atoms with Gasteiger partial charge in [-0.3, -0.25) is 0 Å². The van der Waals surface area contributed by atoms with Gasteiger partial charge in [-0.05, 0) is 0 Å². The summed E-state index contributed by atoms with van der Waals surface area (Å²) in [5.41, 5.74) is 0. The topological polar surface area (TPSA) is 9.23 Å². The summed E-state index contributed by atoms with van der Waals surface area (Å²) in [5, 5.41) is 0. The van der Waals surface area contributed by atoms with Gasteiger partial charge in [0.2, 0.25) is 0 Å². The molecule has 0 aromatic heterocycles. The molecule has 0 heterocycles. The van der Waals surface area contributed by atoms with E-state index in [-0.39, 0.29) is 9.90 Å². The molecule has 0 N–H and O–H groups in total. The summed E-state index contributed by atoms with van der Waals surface area (Å²) < 4.78 is 1.89. The van der Waals surface area contributed by atoms with Crippen LogP contribution in [-0.2, 0) is 2.92 Å². The number of rotatable bonds is 0. The Kier molecular flexibility index (Phi) is 16.7. The second-order valence-electron chi connectivity index (χ2n) is 0.697. The molecule has 0 amide bonds. The summed E-state index contributed by atoms with van der Waals surface area (Å²) in [4.78, 5) is 0. The fraction of sp³-hybridized carbons (Fsp3) is 0. The molecule has 0 rings (SSSR count). The summed E-state index contributed by atoms with van der Waals surface area (Å²) in [5.74, 6) is 0. The summed E-state index contributed by atoms with van der Waals surface area (Å²) in [7, 11) is 0. The van der Waals surface area contributed by atoms with Gasteiger partial charge in [0.05, 0.1) is 0 Å². The van der Waals surface area contributed by atoms with Crippen LogP contribution >= 0.6 is 120 Å². The SMILES string of the molecule is BrOBr.BrP(Br)(Br)(Br)Br.P. The molecule has 0 bridgehead atoms. The maximum atomic E-state index is 3.88. The summed E-state index contributed by atoms with van der Waals surface area (Å²) in [6, 6.07) is 0. The van der Waals surface area contributed by atoms with E-state index in [4.69, 9.17) is 0 Å². The van der Waals surface area contributed by atoms with Gasteiger partial charge in [0.1, 0.15) is 32.5 Å². The van der Waals surface area contributed by atoms with Crippen molar-refractivity contribution in [3.05, 3.63) is 0 Å². The summed E-state index contributed by atoms with van der Waals surface area (Å²) in [6.07, 6.45) is 0. The van der Waals surface area contributed by atoms with Crippen LogP contribution in [0.4, 0.5) is 0 Å². The van der Waals surface area contributed by atoms with E-state index >= 15 is 0 Å². The van der Waals surface area contributed by atoms with Gasteiger partial charge in [-0.15, -0.1) is 0 Å². The van der Waals surface area contributed by atoms with Crippen molar-refractivity contribution in [3.63, 3.8) is 0 Å². The molecule has 0 spiro atoms. The van der Waals surface area contributed by atoms with Gasteiger partial charge in [-0.1, -0.05) is 0 Å². The molecule has 0 fully saturated rings. The monoisotopic (exact) mass is 633 g/mol. The molecule has 0 aromatic carbocycles. The van der Waals surface area contributed by atoms with E-state index in [9.17, 15) is 0 Å². The van der Waals surface area contributed by atoms with Gasteiger partial charge in [0, 0.05) is 0 Å². The first kappa shape index (κ1) is 19.7. The van der Waals surface area contributed by atoms with Crippen molar-refractivity contribution in [2.75, 3.05) is 0 Å². The van der Waals surface area contributed by atoms with Gasteiger partial charge in [-0.2, -0.15) is 9.90 Å². The number of halogens is 7. The van der Waals surface area contributed by atoms with Gasteiger partial charge in [-0.25, -0.2) is 2.92 Å². The summed E-state index contributed by atoms with van der Waals surface area (Å²) >= 11 is 21.5. The van der Waals surface area contributed by atoms with Crippen molar-refractivity contribution in [1.29, 1.82) is 0 Å². The molecule has 68 valence electrons. The van der Waals surface area contributed by atoms with E-state index in [0.29, 0.717) is 0 Å². The number of hydrogen-bond donors (Lipinski definition) is 0. The van der Waals surface area contributed by atoms with Gasteiger partial charge in [0.25, 0.3) is 0 Å². The van der Waals surface area contributed by atoms with Crippen molar-refractivity contribution < 1.29 is 2.92 Å². The smallest absolute Gasteiger partial charge is 0.153 e. The Morgan fingerprint density at radius 3 is 0.800 bits per heavy atom. The molecule has 0 radical (unpaired) electrons. The average Bonchev–Trinajstić information content (AvgIpc) is 1.23. The molecule has 1 unspecified atom stereocenters. The molecule has 0 saturated heterocycles. The minimum absolute atomic E-state index is 0. The van der Waals surface area contributed by atoms with Crippen molar-refractivity contribution in [3.8, 4) is 0 Å². The van der Waals surface area contributed by atoms with E-state index in [1.165, 1.54) is 0 Å². The zero-order valence-corrected chi connectivity index (χ0v) is 17.6. The maximum Gasteiger partial charge on any atom is -0.153 e. The fourth-order valence-electron chi connectivity index (χ4n) is 0. The van der Waals surface area contributed by atoms with Crippen molar-refractivity contribution in [2.24, 2.45) is 0 Å². The Morgan fingerprint density at radius 1 is 0.800 bits per heavy atom. The zero-order chi connectivity index (χ0) is 8.15. The predicted molar refractivity (Wildman–Crippen MR) is 81.6 cm³/mol. The Hall–Kier alpha value is 4.18. The Bertz CT molecular complexity index is 54.5. The normalized spacial score (nSPS) is 13.3. The molecular weight excluding hydrogens is 637 g/mol. The molecule has 1 atom stereocenters. The first-order valence-electron chi connectivity index (χ1n) is 1.15. The Morgan fingerprint density at radius 2 is 0.800 bits per heavy atom. The molecule has 0 aliphatic heterocycles. The van der Waals surface area contributed by atoms with E-state index < -0.39 is 0.115 Å². The predicted octanol–water partition coefficient (Wildman–Crippen LogP) is 6.77. The van der Waals surface area contributed by atoms with Crippen LogP contribution in [0.3, 0.4) is 0 Å². The van der Waals surface area contributed by atoms with Crippen LogP contribution in [0.5, 0.6) is 0 Å². The van der Waals surface area contributed by atoms with Crippen LogP contribution in [0, 0.1) is 0 Å². The molecule has 0 aliphatic rings. The van der Waals surface area contributed by atoms with Crippen LogP contribution in [0.2, 0.25) is 0 Å². The van der Waals surface area contributed by atoms with E-state index in [1.807, 2.05) is 0 Å². The molecule has 0 saturated carbocycles. The van der Waals surface area contributed by atoms with Crippen molar-refractivity contribution >= 4 is 120 Å². The number of hydrogen-bond acceptors (Lipinski definition) is 1. The van der Waals surface area contributed by atoms with Gasteiger partial charge >= 0.3 is 77.6 Å². The van der Waals surface area contributed by atoms with E-state index in [0.717, 1.165) is 0 Å². The standard InChI is InChI=1S/Br5P.Br2O.H3P/c1-6(2,3,4)5;1-3-2;/h;;1H3. The van der Waals surface area contributed by atoms with Gasteiger partial charge in [0.15, 0.2) is 0 Å². The van der Waals surface area contributed by atoms with Crippen molar-refractivity contribution in [2.45, 2.75) is 0 Å². The second-order valence-corrected chi connectivity index (χ2v) is 53.3. The Labute approximate surface area is 121 Å². The van der Waals surface area contributed by atoms with Crippen LogP contribution in [-0.4, -0.2) is 0 Å². The molecule has 0 aromatic rings. The maximum absolute atomic E-state index is 3.88. The van der Waals surface area contributed by atoms with Crippen molar-refractivity contribution in [1.82, 2.24) is 0 Å². The molecule has 10 heavy (non-hydrogen) atoms. The van der Waals surface area contributed by atoms with Crippen LogP contribution < -0.4 is 0 Å². The van der Waals surface area contributed by atoms with Crippen LogP contribution in [0.15, 0.2) is 0 Å². The fourth-order valence-corrected chi connectivity index (χ4v) is 0. The van der Waals surface area contributed by atoms with Crippen LogP contribution in [0.1, 0.15) is 0 Å². The molecule has 0 aliphatic carbocycles. The minimum Gasteiger partial charge on any atom is -0.153 e. The first-order chi connectivity index (χ1) is 3.65. The molecule has 10 heteroatoms. The zero-order valence-electron chi connectivity index (χ0n) is 4.21.